The van der Waals surface area contributed by atoms with Crippen LogP contribution in [0.2, 0.25) is 0 Å². The van der Waals surface area contributed by atoms with Gasteiger partial charge >= 0.3 is 6.03 Å². The van der Waals surface area contributed by atoms with Gasteiger partial charge < -0.3 is 15.7 Å². The maximum atomic E-state index is 11.1. The largest absolute Gasteiger partial charge is 0.395 e. The first-order chi connectivity index (χ1) is 6.56. The van der Waals surface area contributed by atoms with E-state index in [9.17, 15) is 4.79 Å². The van der Waals surface area contributed by atoms with Crippen molar-refractivity contribution in [3.63, 3.8) is 0 Å². The van der Waals surface area contributed by atoms with Crippen LogP contribution in [0, 0.1) is 5.92 Å². The van der Waals surface area contributed by atoms with Crippen molar-refractivity contribution in [3.8, 4) is 0 Å². The molecule has 0 rings (SSSR count). The molecule has 0 bridgehead atoms. The molecule has 0 aliphatic rings. The summed E-state index contributed by atoms with van der Waals surface area (Å²) in [5.41, 5.74) is 0. The molecule has 0 saturated heterocycles. The second kappa shape index (κ2) is 7.62. The van der Waals surface area contributed by atoms with E-state index < -0.39 is 0 Å². The number of nitrogens with one attached hydrogen (secondary N) is 2. The summed E-state index contributed by atoms with van der Waals surface area (Å²) in [4.78, 5) is 11.1. The Labute approximate surface area is 86.1 Å². The van der Waals surface area contributed by atoms with Crippen LogP contribution in [-0.2, 0) is 0 Å². The van der Waals surface area contributed by atoms with Gasteiger partial charge in [0.1, 0.15) is 0 Å². The van der Waals surface area contributed by atoms with Gasteiger partial charge in [-0.3, -0.25) is 0 Å². The van der Waals surface area contributed by atoms with Gasteiger partial charge in [-0.25, -0.2) is 4.79 Å². The molecule has 0 aliphatic carbocycles. The Balaban J connectivity index is 3.50. The van der Waals surface area contributed by atoms with Crippen LogP contribution in [0.5, 0.6) is 0 Å². The van der Waals surface area contributed by atoms with Gasteiger partial charge in [-0.05, 0) is 25.7 Å². The topological polar surface area (TPSA) is 61.4 Å². The third-order valence-electron chi connectivity index (χ3n) is 1.95. The lowest BCUT2D eigenvalue weighted by atomic mass is 10.0. The number of hydrogen-bond donors (Lipinski definition) is 3. The lowest BCUT2D eigenvalue weighted by Gasteiger charge is -2.15. The molecular weight excluding hydrogens is 180 g/mol. The minimum Gasteiger partial charge on any atom is -0.395 e. The van der Waals surface area contributed by atoms with Gasteiger partial charge in [-0.2, -0.15) is 0 Å². The Morgan fingerprint density at radius 3 is 2.43 bits per heavy atom. The molecule has 0 aliphatic heterocycles. The Kier molecular flexibility index (Phi) is 7.20. The first-order valence-electron chi connectivity index (χ1n) is 5.21. The van der Waals surface area contributed by atoms with Crippen LogP contribution in [0.3, 0.4) is 0 Å². The molecule has 4 heteroatoms. The number of aliphatic hydroxyl groups is 1. The van der Waals surface area contributed by atoms with E-state index in [4.69, 9.17) is 5.11 Å². The standard InChI is InChI=1S/C10H22N2O2/c1-8(2)4-5-9(3)12-10(14)11-6-7-13/h8-9,13H,4-7H2,1-3H3,(H2,11,12,14). The van der Waals surface area contributed by atoms with Crippen molar-refractivity contribution in [2.24, 2.45) is 5.92 Å². The number of hydrogen-bond acceptors (Lipinski definition) is 2. The van der Waals surface area contributed by atoms with E-state index in [1.807, 2.05) is 6.92 Å². The summed E-state index contributed by atoms with van der Waals surface area (Å²) in [5, 5.41) is 13.8. The van der Waals surface area contributed by atoms with E-state index in [0.29, 0.717) is 12.5 Å². The third-order valence-corrected chi connectivity index (χ3v) is 1.95. The predicted octanol–water partition coefficient (Wildman–Crippen LogP) is 1.10. The summed E-state index contributed by atoms with van der Waals surface area (Å²) in [7, 11) is 0. The molecule has 0 aromatic carbocycles. The van der Waals surface area contributed by atoms with Crippen molar-refractivity contribution in [1.29, 1.82) is 0 Å². The molecule has 0 aromatic heterocycles. The number of aliphatic hydroxyl groups excluding tert-OH is 1. The quantitative estimate of drug-likeness (QED) is 0.604. The van der Waals surface area contributed by atoms with Crippen molar-refractivity contribution in [2.75, 3.05) is 13.2 Å². The lowest BCUT2D eigenvalue weighted by Crippen LogP contribution is -2.41. The number of carbonyl (C=O) groups excluding carboxylic acids is 1. The van der Waals surface area contributed by atoms with Crippen LogP contribution in [0.15, 0.2) is 0 Å². The highest BCUT2D eigenvalue weighted by molar-refractivity contribution is 5.74. The second-order valence-corrected chi connectivity index (χ2v) is 4.00. The fourth-order valence-corrected chi connectivity index (χ4v) is 1.10. The molecule has 0 heterocycles. The highest BCUT2D eigenvalue weighted by Crippen LogP contribution is 2.05. The van der Waals surface area contributed by atoms with E-state index in [0.717, 1.165) is 12.8 Å². The summed E-state index contributed by atoms with van der Waals surface area (Å²) in [6.07, 6.45) is 2.10. The fraction of sp³-hybridized carbons (Fsp3) is 0.900. The zero-order valence-corrected chi connectivity index (χ0v) is 9.34. The summed E-state index contributed by atoms with van der Waals surface area (Å²) in [6.45, 7) is 6.61. The summed E-state index contributed by atoms with van der Waals surface area (Å²) in [6, 6.07) is -0.00796. The normalized spacial score (nSPS) is 12.6. The van der Waals surface area contributed by atoms with E-state index >= 15 is 0 Å². The van der Waals surface area contributed by atoms with Gasteiger partial charge in [0, 0.05) is 12.6 Å². The molecule has 0 saturated carbocycles. The summed E-state index contributed by atoms with van der Waals surface area (Å²) >= 11 is 0. The minimum absolute atomic E-state index is 0.0200. The molecule has 1 unspecified atom stereocenters. The van der Waals surface area contributed by atoms with Crippen molar-refractivity contribution < 1.29 is 9.90 Å². The van der Waals surface area contributed by atoms with E-state index in [-0.39, 0.29) is 18.7 Å². The summed E-state index contributed by atoms with van der Waals surface area (Å²) < 4.78 is 0. The monoisotopic (exact) mass is 202 g/mol. The fourth-order valence-electron chi connectivity index (χ4n) is 1.10. The molecule has 14 heavy (non-hydrogen) atoms. The van der Waals surface area contributed by atoms with Crippen molar-refractivity contribution in [3.05, 3.63) is 0 Å². The van der Waals surface area contributed by atoms with Crippen LogP contribution in [0.25, 0.3) is 0 Å². The van der Waals surface area contributed by atoms with E-state index in [1.54, 1.807) is 0 Å². The average molecular weight is 202 g/mol. The van der Waals surface area contributed by atoms with Gasteiger partial charge in [-0.1, -0.05) is 13.8 Å². The second-order valence-electron chi connectivity index (χ2n) is 4.00. The Bertz CT molecular complexity index is 160. The van der Waals surface area contributed by atoms with Gasteiger partial charge in [0.25, 0.3) is 0 Å². The molecule has 84 valence electrons. The lowest BCUT2D eigenvalue weighted by molar-refractivity contribution is 0.230. The highest BCUT2D eigenvalue weighted by atomic mass is 16.3. The molecule has 3 N–H and O–H groups in total. The highest BCUT2D eigenvalue weighted by Gasteiger charge is 2.06. The number of amides is 2. The van der Waals surface area contributed by atoms with Crippen LogP contribution < -0.4 is 10.6 Å². The average Bonchev–Trinajstić information content (AvgIpc) is 2.11. The Morgan fingerprint density at radius 1 is 1.29 bits per heavy atom. The van der Waals surface area contributed by atoms with Gasteiger partial charge in [-0.15, -0.1) is 0 Å². The Morgan fingerprint density at radius 2 is 1.93 bits per heavy atom. The zero-order chi connectivity index (χ0) is 11.0. The smallest absolute Gasteiger partial charge is 0.315 e. The van der Waals surface area contributed by atoms with Gasteiger partial charge in [0.2, 0.25) is 0 Å². The van der Waals surface area contributed by atoms with Crippen molar-refractivity contribution >= 4 is 6.03 Å². The molecular formula is C10H22N2O2. The third kappa shape index (κ3) is 7.86. The van der Waals surface area contributed by atoms with Crippen LogP contribution >= 0.6 is 0 Å². The Hall–Kier alpha value is -0.770. The molecule has 1 atom stereocenters. The maximum absolute atomic E-state index is 11.1. The predicted molar refractivity (Wildman–Crippen MR) is 57.2 cm³/mol. The van der Waals surface area contributed by atoms with Crippen molar-refractivity contribution in [2.45, 2.75) is 39.7 Å². The molecule has 2 amide bonds. The molecule has 0 radical (unpaired) electrons. The van der Waals surface area contributed by atoms with Crippen LogP contribution in [0.4, 0.5) is 4.79 Å². The van der Waals surface area contributed by atoms with Crippen LogP contribution in [0.1, 0.15) is 33.6 Å². The first kappa shape index (κ1) is 13.2. The molecule has 0 fully saturated rings. The maximum Gasteiger partial charge on any atom is 0.315 e. The van der Waals surface area contributed by atoms with E-state index in [2.05, 4.69) is 24.5 Å². The van der Waals surface area contributed by atoms with Crippen molar-refractivity contribution in [1.82, 2.24) is 10.6 Å². The summed E-state index contributed by atoms with van der Waals surface area (Å²) in [5.74, 6) is 0.666. The van der Waals surface area contributed by atoms with E-state index in [1.165, 1.54) is 0 Å². The first-order valence-corrected chi connectivity index (χ1v) is 5.21. The molecule has 0 aromatic rings. The number of carbonyl (C=O) groups is 1. The SMILES string of the molecule is CC(C)CCC(C)NC(=O)NCCO. The number of urea groups is 1. The zero-order valence-electron chi connectivity index (χ0n) is 9.34. The van der Waals surface area contributed by atoms with Crippen LogP contribution in [-0.4, -0.2) is 30.3 Å². The van der Waals surface area contributed by atoms with Gasteiger partial charge in [0.05, 0.1) is 6.61 Å². The molecule has 0 spiro atoms. The van der Waals surface area contributed by atoms with Gasteiger partial charge in [0.15, 0.2) is 0 Å². The molecule has 4 nitrogen and oxygen atoms in total. The number of rotatable bonds is 6. The minimum atomic E-state index is -0.199.